The second-order valence-corrected chi connectivity index (χ2v) is 7.67. The molecule has 1 nitrogen and oxygen atoms in total. The van der Waals surface area contributed by atoms with Crippen LogP contribution in [0.2, 0.25) is 15.8 Å². The SMILES string of the molecule is CC(C)[CH2][Al]([CH2]C=O)[CH2]C(C)C. The van der Waals surface area contributed by atoms with Crippen molar-refractivity contribution >= 4 is 20.4 Å². The molecule has 0 N–H and O–H groups in total. The summed E-state index contributed by atoms with van der Waals surface area (Å²) in [5, 5.41) is 3.55. The van der Waals surface area contributed by atoms with Gasteiger partial charge in [0.15, 0.2) is 0 Å². The van der Waals surface area contributed by atoms with Crippen LogP contribution < -0.4 is 0 Å². The van der Waals surface area contributed by atoms with E-state index in [1.807, 2.05) is 0 Å². The summed E-state index contributed by atoms with van der Waals surface area (Å²) < 4.78 is 0. The Morgan fingerprint density at radius 3 is 1.75 bits per heavy atom. The molecule has 0 spiro atoms. The molecule has 0 aliphatic heterocycles. The van der Waals surface area contributed by atoms with Crippen molar-refractivity contribution in [3.63, 3.8) is 0 Å². The third-order valence-corrected chi connectivity index (χ3v) is 6.12. The van der Waals surface area contributed by atoms with Crippen molar-refractivity contribution in [2.24, 2.45) is 11.8 Å². The maximum atomic E-state index is 10.4. The summed E-state index contributed by atoms with van der Waals surface area (Å²) in [5.41, 5.74) is 0. The van der Waals surface area contributed by atoms with Gasteiger partial charge in [0.25, 0.3) is 14.1 Å². The average molecular weight is 184 g/mol. The Balaban J connectivity index is 3.77. The molecule has 0 radical (unpaired) electrons. The fourth-order valence-corrected chi connectivity index (χ4v) is 5.27. The molecule has 0 aromatic heterocycles. The maximum absolute atomic E-state index is 10.4. The van der Waals surface area contributed by atoms with E-state index in [-0.39, 0.29) is 0 Å². The Labute approximate surface area is 80.9 Å². The van der Waals surface area contributed by atoms with E-state index in [9.17, 15) is 4.79 Å². The van der Waals surface area contributed by atoms with Crippen LogP contribution in [0.25, 0.3) is 0 Å². The fraction of sp³-hybridized carbons (Fsp3) is 0.900. The van der Waals surface area contributed by atoms with Crippen molar-refractivity contribution in [2.75, 3.05) is 0 Å². The summed E-state index contributed by atoms with van der Waals surface area (Å²) in [7, 11) is 0. The lowest BCUT2D eigenvalue weighted by molar-refractivity contribution is -0.106. The van der Waals surface area contributed by atoms with Gasteiger partial charge in [-0.2, -0.15) is 0 Å². The summed E-state index contributed by atoms with van der Waals surface area (Å²) in [6.45, 7) is 9.02. The van der Waals surface area contributed by atoms with Crippen molar-refractivity contribution in [1.29, 1.82) is 0 Å². The highest BCUT2D eigenvalue weighted by atomic mass is 27.2. The molecular weight excluding hydrogens is 163 g/mol. The predicted molar refractivity (Wildman–Crippen MR) is 55.9 cm³/mol. The molecule has 0 unspecified atom stereocenters. The Bertz CT molecular complexity index is 111. The van der Waals surface area contributed by atoms with Crippen molar-refractivity contribution in [2.45, 2.75) is 43.5 Å². The molecule has 0 amide bonds. The number of carbonyl (C=O) groups excluding carboxylic acids is 1. The molecule has 0 bridgehead atoms. The van der Waals surface area contributed by atoms with E-state index < -0.39 is 14.1 Å². The summed E-state index contributed by atoms with van der Waals surface area (Å²) in [6.07, 6.45) is 1.13. The van der Waals surface area contributed by atoms with Crippen LogP contribution in [0.3, 0.4) is 0 Å². The first kappa shape index (κ1) is 12.2. The van der Waals surface area contributed by atoms with Crippen LogP contribution in [0.1, 0.15) is 27.7 Å². The van der Waals surface area contributed by atoms with Crippen molar-refractivity contribution in [1.82, 2.24) is 0 Å². The van der Waals surface area contributed by atoms with Gasteiger partial charge in [0.1, 0.15) is 6.29 Å². The third-order valence-electron chi connectivity index (χ3n) is 2.04. The minimum absolute atomic E-state index is 0.718. The topological polar surface area (TPSA) is 17.1 Å². The van der Waals surface area contributed by atoms with E-state index in [1.165, 1.54) is 10.6 Å². The van der Waals surface area contributed by atoms with Crippen LogP contribution in [0.4, 0.5) is 0 Å². The summed E-state index contributed by atoms with van der Waals surface area (Å²) in [6, 6.07) is 0. The third kappa shape index (κ3) is 6.88. The first-order valence-electron chi connectivity index (χ1n) is 4.99. The lowest BCUT2D eigenvalue weighted by Crippen LogP contribution is -2.17. The minimum atomic E-state index is -0.718. The highest BCUT2D eigenvalue weighted by molar-refractivity contribution is 6.61. The predicted octanol–water partition coefficient (Wildman–Crippen LogP) is 2.99. The molecule has 0 aromatic carbocycles. The Morgan fingerprint density at radius 1 is 1.08 bits per heavy atom. The number of rotatable bonds is 6. The van der Waals surface area contributed by atoms with Gasteiger partial charge < -0.3 is 4.79 Å². The van der Waals surface area contributed by atoms with E-state index in [2.05, 4.69) is 27.7 Å². The zero-order valence-corrected chi connectivity index (χ0v) is 9.99. The van der Waals surface area contributed by atoms with Crippen LogP contribution in [-0.4, -0.2) is 20.4 Å². The van der Waals surface area contributed by atoms with E-state index in [0.717, 1.165) is 23.4 Å². The van der Waals surface area contributed by atoms with Gasteiger partial charge in [-0.25, -0.2) is 0 Å². The fourth-order valence-electron chi connectivity index (χ4n) is 1.76. The first-order chi connectivity index (χ1) is 5.56. The van der Waals surface area contributed by atoms with Crippen molar-refractivity contribution in [3.8, 4) is 0 Å². The molecule has 0 rings (SSSR count). The van der Waals surface area contributed by atoms with Crippen molar-refractivity contribution < 1.29 is 4.79 Å². The molecule has 70 valence electrons. The number of hydrogen-bond acceptors (Lipinski definition) is 1. The minimum Gasteiger partial charge on any atom is -0.305 e. The molecule has 0 saturated carbocycles. The zero-order valence-electron chi connectivity index (χ0n) is 8.84. The van der Waals surface area contributed by atoms with Crippen LogP contribution in [0.15, 0.2) is 0 Å². The van der Waals surface area contributed by atoms with Gasteiger partial charge in [-0.3, -0.25) is 0 Å². The van der Waals surface area contributed by atoms with Crippen molar-refractivity contribution in [3.05, 3.63) is 0 Å². The summed E-state index contributed by atoms with van der Waals surface area (Å²) in [4.78, 5) is 10.4. The van der Waals surface area contributed by atoms with Gasteiger partial charge in [-0.15, -0.1) is 0 Å². The number of hydrogen-bond donors (Lipinski definition) is 0. The lowest BCUT2D eigenvalue weighted by Gasteiger charge is -2.13. The Morgan fingerprint density at radius 2 is 1.50 bits per heavy atom. The molecule has 0 aliphatic carbocycles. The first-order valence-corrected chi connectivity index (χ1v) is 7.44. The second kappa shape index (κ2) is 6.69. The number of carbonyl (C=O) groups is 1. The molecule has 2 heteroatoms. The van der Waals surface area contributed by atoms with Gasteiger partial charge in [-0.1, -0.05) is 50.1 Å². The van der Waals surface area contributed by atoms with E-state index in [4.69, 9.17) is 0 Å². The Hall–Kier alpha value is 0.202. The second-order valence-electron chi connectivity index (χ2n) is 4.53. The maximum Gasteiger partial charge on any atom is 0.272 e. The lowest BCUT2D eigenvalue weighted by atomic mass is 10.3. The Kier molecular flexibility index (Phi) is 6.80. The monoisotopic (exact) mass is 184 g/mol. The largest absolute Gasteiger partial charge is 0.305 e. The van der Waals surface area contributed by atoms with Crippen LogP contribution in [0.5, 0.6) is 0 Å². The van der Waals surface area contributed by atoms with Crippen LogP contribution in [0, 0.1) is 11.8 Å². The van der Waals surface area contributed by atoms with Crippen LogP contribution >= 0.6 is 0 Å². The molecule has 0 aromatic rings. The number of aldehydes is 1. The molecule has 0 atom stereocenters. The zero-order chi connectivity index (χ0) is 9.56. The molecule has 12 heavy (non-hydrogen) atoms. The highest BCUT2D eigenvalue weighted by Gasteiger charge is 2.18. The average Bonchev–Trinajstić information content (AvgIpc) is 1.84. The van der Waals surface area contributed by atoms with Gasteiger partial charge in [0.05, 0.1) is 0 Å². The van der Waals surface area contributed by atoms with Gasteiger partial charge >= 0.3 is 0 Å². The normalized spacial score (nSPS) is 10.8. The smallest absolute Gasteiger partial charge is 0.272 e. The van der Waals surface area contributed by atoms with E-state index >= 15 is 0 Å². The molecule has 0 fully saturated rings. The summed E-state index contributed by atoms with van der Waals surface area (Å²) >= 11 is -0.718. The summed E-state index contributed by atoms with van der Waals surface area (Å²) in [5.74, 6) is 1.56. The van der Waals surface area contributed by atoms with Crippen LogP contribution in [-0.2, 0) is 4.79 Å². The quantitative estimate of drug-likeness (QED) is 0.458. The van der Waals surface area contributed by atoms with Gasteiger partial charge in [-0.05, 0) is 5.28 Å². The highest BCUT2D eigenvalue weighted by Crippen LogP contribution is 2.16. The van der Waals surface area contributed by atoms with E-state index in [1.54, 1.807) is 0 Å². The molecule has 0 aliphatic rings. The standard InChI is InChI=1S/2C4H9.C2H3O.Al/c2*1-4(2)3;1-2-3;/h2*4H,1H2,2-3H3;2H,1H2;. The van der Waals surface area contributed by atoms with Gasteiger partial charge in [0, 0.05) is 0 Å². The molecular formula is C10H21AlO. The molecule has 0 saturated heterocycles. The molecule has 0 heterocycles. The van der Waals surface area contributed by atoms with E-state index in [0.29, 0.717) is 0 Å². The van der Waals surface area contributed by atoms with Gasteiger partial charge in [0.2, 0.25) is 0 Å².